The molecule has 3 aromatic rings. The summed E-state index contributed by atoms with van der Waals surface area (Å²) in [5.41, 5.74) is 1.89. The Morgan fingerprint density at radius 1 is 1.11 bits per heavy atom. The van der Waals surface area contributed by atoms with Gasteiger partial charge >= 0.3 is 0 Å². The Hall–Kier alpha value is -2.80. The molecular weight excluding hydrogens is 374 g/mol. The van der Waals surface area contributed by atoms with Crippen molar-refractivity contribution in [3.05, 3.63) is 60.2 Å². The molecule has 0 radical (unpaired) electrons. The number of methoxy groups -OCH3 is 1. The smallest absolute Gasteiger partial charge is 0.277 e. The second-order valence-corrected chi connectivity index (χ2v) is 7.52. The second-order valence-electron chi connectivity index (χ2n) is 6.59. The summed E-state index contributed by atoms with van der Waals surface area (Å²) in [5, 5.41) is 11.5. The molecule has 0 aliphatic heterocycles. The standard InChI is InChI=1S/C21H23N3O3S/c1-14(2)19(15-9-11-17(26-3)12-10-15)22-18(25)13-28-21-24-23-20(27-21)16-7-5-4-6-8-16/h4-12,14,19H,13H2,1-3H3,(H,22,25). The predicted octanol–water partition coefficient (Wildman–Crippen LogP) is 4.35. The number of nitrogens with one attached hydrogen (secondary N) is 1. The Morgan fingerprint density at radius 2 is 1.82 bits per heavy atom. The minimum atomic E-state index is -0.0843. The zero-order valence-corrected chi connectivity index (χ0v) is 16.9. The molecular formula is C21H23N3O3S. The number of thioether (sulfide) groups is 1. The van der Waals surface area contributed by atoms with Gasteiger partial charge in [0, 0.05) is 5.56 Å². The molecule has 2 aromatic carbocycles. The normalized spacial score (nSPS) is 12.0. The van der Waals surface area contributed by atoms with Gasteiger partial charge < -0.3 is 14.5 Å². The highest BCUT2D eigenvalue weighted by Crippen LogP contribution is 2.25. The van der Waals surface area contributed by atoms with Crippen molar-refractivity contribution in [2.24, 2.45) is 5.92 Å². The fraction of sp³-hybridized carbons (Fsp3) is 0.286. The average molecular weight is 398 g/mol. The molecule has 1 aromatic heterocycles. The number of carbonyl (C=O) groups is 1. The van der Waals surface area contributed by atoms with Gasteiger partial charge in [-0.1, -0.05) is 55.9 Å². The number of hydrogen-bond donors (Lipinski definition) is 1. The number of carbonyl (C=O) groups excluding carboxylic acids is 1. The first-order valence-electron chi connectivity index (χ1n) is 9.02. The molecule has 146 valence electrons. The predicted molar refractivity (Wildman–Crippen MR) is 109 cm³/mol. The third-order valence-electron chi connectivity index (χ3n) is 4.21. The summed E-state index contributed by atoms with van der Waals surface area (Å²) in [6, 6.07) is 17.2. The van der Waals surface area contributed by atoms with Crippen molar-refractivity contribution in [1.82, 2.24) is 15.5 Å². The molecule has 0 spiro atoms. The maximum absolute atomic E-state index is 12.5. The van der Waals surface area contributed by atoms with Crippen molar-refractivity contribution in [3.8, 4) is 17.2 Å². The van der Waals surface area contributed by atoms with Gasteiger partial charge in [0.1, 0.15) is 5.75 Å². The zero-order chi connectivity index (χ0) is 19.9. The maximum Gasteiger partial charge on any atom is 0.277 e. The van der Waals surface area contributed by atoms with Crippen LogP contribution in [0.3, 0.4) is 0 Å². The van der Waals surface area contributed by atoms with E-state index in [0.717, 1.165) is 16.9 Å². The van der Waals surface area contributed by atoms with Crippen molar-refractivity contribution < 1.29 is 13.9 Å². The Kier molecular flexibility index (Phi) is 6.71. The molecule has 0 aliphatic carbocycles. The summed E-state index contributed by atoms with van der Waals surface area (Å²) >= 11 is 1.23. The van der Waals surface area contributed by atoms with Crippen LogP contribution in [0, 0.1) is 5.92 Å². The summed E-state index contributed by atoms with van der Waals surface area (Å²) in [6.45, 7) is 4.15. The SMILES string of the molecule is COc1ccc(C(NC(=O)CSc2nnc(-c3ccccc3)o2)C(C)C)cc1. The first-order chi connectivity index (χ1) is 13.6. The van der Waals surface area contributed by atoms with Crippen LogP contribution in [-0.2, 0) is 4.79 Å². The summed E-state index contributed by atoms with van der Waals surface area (Å²) in [7, 11) is 1.63. The molecule has 1 atom stereocenters. The van der Waals surface area contributed by atoms with Crippen molar-refractivity contribution in [2.45, 2.75) is 25.1 Å². The molecule has 0 saturated heterocycles. The Balaban J connectivity index is 1.58. The van der Waals surface area contributed by atoms with Crippen LogP contribution in [0.15, 0.2) is 64.2 Å². The van der Waals surface area contributed by atoms with Crippen molar-refractivity contribution >= 4 is 17.7 Å². The summed E-state index contributed by atoms with van der Waals surface area (Å²) in [6.07, 6.45) is 0. The fourth-order valence-corrected chi connectivity index (χ4v) is 3.33. The Labute approximate surface area is 168 Å². The van der Waals surface area contributed by atoms with E-state index in [1.807, 2.05) is 54.6 Å². The Bertz CT molecular complexity index is 895. The minimum Gasteiger partial charge on any atom is -0.497 e. The fourth-order valence-electron chi connectivity index (χ4n) is 2.75. The molecule has 1 amide bonds. The van der Waals surface area contributed by atoms with Gasteiger partial charge in [-0.15, -0.1) is 10.2 Å². The first kappa shape index (κ1) is 19.9. The maximum atomic E-state index is 12.5. The lowest BCUT2D eigenvalue weighted by atomic mass is 9.96. The molecule has 0 saturated carbocycles. The lowest BCUT2D eigenvalue weighted by Crippen LogP contribution is -2.32. The number of aromatic nitrogens is 2. The highest BCUT2D eigenvalue weighted by Gasteiger charge is 2.19. The van der Waals surface area contributed by atoms with E-state index >= 15 is 0 Å². The number of rotatable bonds is 8. The zero-order valence-electron chi connectivity index (χ0n) is 16.1. The van der Waals surface area contributed by atoms with Gasteiger partial charge in [-0.25, -0.2) is 0 Å². The summed E-state index contributed by atoms with van der Waals surface area (Å²) < 4.78 is 10.8. The number of benzene rings is 2. The topological polar surface area (TPSA) is 77.2 Å². The molecule has 1 N–H and O–H groups in total. The van der Waals surface area contributed by atoms with Gasteiger partial charge in [0.05, 0.1) is 18.9 Å². The number of nitrogens with zero attached hydrogens (tertiary/aromatic N) is 2. The largest absolute Gasteiger partial charge is 0.497 e. The van der Waals surface area contributed by atoms with Gasteiger partial charge in [-0.3, -0.25) is 4.79 Å². The number of amides is 1. The molecule has 0 fully saturated rings. The van der Waals surface area contributed by atoms with E-state index in [0.29, 0.717) is 11.1 Å². The molecule has 3 rings (SSSR count). The molecule has 6 nitrogen and oxygen atoms in total. The highest BCUT2D eigenvalue weighted by atomic mass is 32.2. The monoisotopic (exact) mass is 397 g/mol. The molecule has 28 heavy (non-hydrogen) atoms. The third kappa shape index (κ3) is 5.13. The van der Waals surface area contributed by atoms with Gasteiger partial charge in [0.2, 0.25) is 11.8 Å². The van der Waals surface area contributed by atoms with Crippen LogP contribution in [0.2, 0.25) is 0 Å². The number of hydrogen-bond acceptors (Lipinski definition) is 6. The number of ether oxygens (including phenoxy) is 1. The van der Waals surface area contributed by atoms with Crippen molar-refractivity contribution in [2.75, 3.05) is 12.9 Å². The lowest BCUT2D eigenvalue weighted by molar-refractivity contribution is -0.119. The molecule has 0 aliphatic rings. The second kappa shape index (κ2) is 9.41. The van der Waals surface area contributed by atoms with Crippen LogP contribution >= 0.6 is 11.8 Å². The van der Waals surface area contributed by atoms with E-state index in [4.69, 9.17) is 9.15 Å². The van der Waals surface area contributed by atoms with Crippen LogP contribution in [0.4, 0.5) is 0 Å². The van der Waals surface area contributed by atoms with E-state index in [9.17, 15) is 4.79 Å². The Morgan fingerprint density at radius 3 is 2.46 bits per heavy atom. The van der Waals surface area contributed by atoms with Crippen LogP contribution in [0.5, 0.6) is 5.75 Å². The highest BCUT2D eigenvalue weighted by molar-refractivity contribution is 7.99. The van der Waals surface area contributed by atoms with Crippen molar-refractivity contribution in [1.29, 1.82) is 0 Å². The van der Waals surface area contributed by atoms with E-state index < -0.39 is 0 Å². The molecule has 1 unspecified atom stereocenters. The third-order valence-corrected chi connectivity index (χ3v) is 5.03. The van der Waals surface area contributed by atoms with Gasteiger partial charge in [0.25, 0.3) is 5.22 Å². The first-order valence-corrected chi connectivity index (χ1v) is 10.0. The van der Waals surface area contributed by atoms with Crippen LogP contribution < -0.4 is 10.1 Å². The lowest BCUT2D eigenvalue weighted by Gasteiger charge is -2.23. The molecule has 7 heteroatoms. The van der Waals surface area contributed by atoms with E-state index in [-0.39, 0.29) is 23.6 Å². The van der Waals surface area contributed by atoms with E-state index in [2.05, 4.69) is 29.4 Å². The summed E-state index contributed by atoms with van der Waals surface area (Å²) in [4.78, 5) is 12.5. The van der Waals surface area contributed by atoms with Crippen molar-refractivity contribution in [3.63, 3.8) is 0 Å². The van der Waals surface area contributed by atoms with Gasteiger partial charge in [0.15, 0.2) is 0 Å². The van der Waals surface area contributed by atoms with E-state index in [1.165, 1.54) is 11.8 Å². The average Bonchev–Trinajstić information content (AvgIpc) is 3.20. The van der Waals surface area contributed by atoms with Crippen LogP contribution in [0.1, 0.15) is 25.5 Å². The van der Waals surface area contributed by atoms with Gasteiger partial charge in [-0.2, -0.15) is 0 Å². The molecule has 1 heterocycles. The van der Waals surface area contributed by atoms with Crippen LogP contribution in [-0.4, -0.2) is 29.0 Å². The van der Waals surface area contributed by atoms with E-state index in [1.54, 1.807) is 7.11 Å². The quantitative estimate of drug-likeness (QED) is 0.570. The van der Waals surface area contributed by atoms with Gasteiger partial charge in [-0.05, 0) is 35.7 Å². The van der Waals surface area contributed by atoms with Crippen LogP contribution in [0.25, 0.3) is 11.5 Å². The minimum absolute atomic E-state index is 0.0819. The summed E-state index contributed by atoms with van der Waals surface area (Å²) in [5.74, 6) is 1.60. The molecule has 0 bridgehead atoms.